The molecule has 1 aromatic rings. The second-order valence-corrected chi connectivity index (χ2v) is 7.39. The predicted molar refractivity (Wildman–Crippen MR) is 77.7 cm³/mol. The number of sulfonamides is 1. The lowest BCUT2D eigenvalue weighted by Gasteiger charge is -2.09. The van der Waals surface area contributed by atoms with Gasteiger partial charge in [0, 0.05) is 25.5 Å². The van der Waals surface area contributed by atoms with Crippen molar-refractivity contribution in [2.45, 2.75) is 50.0 Å². The van der Waals surface area contributed by atoms with Crippen molar-refractivity contribution < 1.29 is 13.5 Å². The maximum atomic E-state index is 12.1. The Hall–Kier alpha value is -0.850. The first-order chi connectivity index (χ1) is 9.53. The summed E-state index contributed by atoms with van der Waals surface area (Å²) in [7, 11) is -1.72. The number of aromatic nitrogens is 1. The number of aliphatic hydroxyl groups excluding tert-OH is 1. The molecule has 0 unspecified atom stereocenters. The predicted octanol–water partition coefficient (Wildman–Crippen LogP) is 1.77. The van der Waals surface area contributed by atoms with Crippen LogP contribution in [0.4, 0.5) is 0 Å². The van der Waals surface area contributed by atoms with Gasteiger partial charge >= 0.3 is 0 Å². The summed E-state index contributed by atoms with van der Waals surface area (Å²) in [5.74, 6) is 0.789. The van der Waals surface area contributed by atoms with E-state index in [1.165, 1.54) is 37.9 Å². The van der Waals surface area contributed by atoms with Crippen molar-refractivity contribution in [2.24, 2.45) is 13.0 Å². The van der Waals surface area contributed by atoms with Crippen LogP contribution in [0.5, 0.6) is 0 Å². The lowest BCUT2D eigenvalue weighted by atomic mass is 10.0. The molecule has 2 N–H and O–H groups in total. The number of rotatable bonds is 7. The fourth-order valence-corrected chi connectivity index (χ4v) is 4.03. The summed E-state index contributed by atoms with van der Waals surface area (Å²) in [5, 5.41) is 9.10. The summed E-state index contributed by atoms with van der Waals surface area (Å²) in [5.41, 5.74) is 0.594. The van der Waals surface area contributed by atoms with E-state index in [1.807, 2.05) is 0 Å². The molecule has 1 saturated carbocycles. The maximum Gasteiger partial charge on any atom is 0.242 e. The van der Waals surface area contributed by atoms with Gasteiger partial charge in [-0.2, -0.15) is 0 Å². The first-order valence-electron chi connectivity index (χ1n) is 7.28. The number of aryl methyl sites for hydroxylation is 1. The zero-order valence-corrected chi connectivity index (χ0v) is 12.8. The van der Waals surface area contributed by atoms with Gasteiger partial charge in [0.2, 0.25) is 10.0 Å². The molecule has 2 rings (SSSR count). The van der Waals surface area contributed by atoms with Crippen LogP contribution >= 0.6 is 0 Å². The minimum atomic E-state index is -3.45. The Morgan fingerprint density at radius 3 is 2.70 bits per heavy atom. The lowest BCUT2D eigenvalue weighted by Crippen LogP contribution is -2.24. The molecule has 114 valence electrons. The normalized spacial score (nSPS) is 16.9. The number of nitrogens with one attached hydrogen (secondary N) is 1. The minimum absolute atomic E-state index is 0.159. The molecule has 20 heavy (non-hydrogen) atoms. The Labute approximate surface area is 121 Å². The molecule has 0 aliphatic heterocycles. The van der Waals surface area contributed by atoms with Crippen LogP contribution in [-0.4, -0.2) is 24.6 Å². The molecule has 0 bridgehead atoms. The van der Waals surface area contributed by atoms with Crippen molar-refractivity contribution >= 4 is 10.0 Å². The van der Waals surface area contributed by atoms with Gasteiger partial charge in [-0.3, -0.25) is 0 Å². The fourth-order valence-electron chi connectivity index (χ4n) is 2.86. The molecule has 0 saturated heterocycles. The van der Waals surface area contributed by atoms with Crippen LogP contribution in [0, 0.1) is 5.92 Å². The highest BCUT2D eigenvalue weighted by Crippen LogP contribution is 2.28. The summed E-state index contributed by atoms with van der Waals surface area (Å²) >= 11 is 0. The summed E-state index contributed by atoms with van der Waals surface area (Å²) in [6.45, 7) is 0.329. The third-order valence-corrected chi connectivity index (χ3v) is 5.54. The zero-order chi connectivity index (χ0) is 14.6. The summed E-state index contributed by atoms with van der Waals surface area (Å²) in [6, 6.07) is 1.51. The van der Waals surface area contributed by atoms with E-state index in [9.17, 15) is 8.42 Å². The molecule has 1 heterocycles. The third-order valence-electron chi connectivity index (χ3n) is 4.11. The molecular weight excluding hydrogens is 276 g/mol. The Kier molecular flexibility index (Phi) is 5.23. The summed E-state index contributed by atoms with van der Waals surface area (Å²) < 4.78 is 28.5. The van der Waals surface area contributed by atoms with Gasteiger partial charge in [-0.05, 0) is 24.8 Å². The van der Waals surface area contributed by atoms with E-state index in [0.717, 1.165) is 18.8 Å². The topological polar surface area (TPSA) is 71.3 Å². The van der Waals surface area contributed by atoms with Crippen LogP contribution in [0.1, 0.15) is 44.2 Å². The quantitative estimate of drug-likeness (QED) is 0.754. The van der Waals surface area contributed by atoms with Crippen LogP contribution in [0.2, 0.25) is 0 Å². The highest BCUT2D eigenvalue weighted by Gasteiger charge is 2.18. The average Bonchev–Trinajstić information content (AvgIpc) is 3.04. The lowest BCUT2D eigenvalue weighted by molar-refractivity contribution is 0.272. The number of hydrogen-bond donors (Lipinski definition) is 2. The molecule has 0 amide bonds. The van der Waals surface area contributed by atoms with Crippen LogP contribution in [0.25, 0.3) is 0 Å². The maximum absolute atomic E-state index is 12.1. The minimum Gasteiger partial charge on any atom is -0.390 e. The van der Waals surface area contributed by atoms with Gasteiger partial charge in [0.25, 0.3) is 0 Å². The largest absolute Gasteiger partial charge is 0.390 e. The molecule has 6 heteroatoms. The van der Waals surface area contributed by atoms with Crippen molar-refractivity contribution in [2.75, 3.05) is 6.54 Å². The molecule has 0 aromatic carbocycles. The molecule has 1 aliphatic carbocycles. The van der Waals surface area contributed by atoms with Gasteiger partial charge in [-0.1, -0.05) is 25.7 Å². The first-order valence-corrected chi connectivity index (χ1v) is 8.77. The molecule has 5 nitrogen and oxygen atoms in total. The second-order valence-electron chi connectivity index (χ2n) is 5.63. The molecule has 1 aromatic heterocycles. The van der Waals surface area contributed by atoms with E-state index < -0.39 is 10.0 Å². The number of aliphatic hydroxyl groups is 1. The highest BCUT2D eigenvalue weighted by atomic mass is 32.2. The molecule has 1 fully saturated rings. The van der Waals surface area contributed by atoms with E-state index in [4.69, 9.17) is 5.11 Å². The van der Waals surface area contributed by atoms with Crippen LogP contribution in [-0.2, 0) is 23.7 Å². The summed E-state index contributed by atoms with van der Waals surface area (Å²) in [6.07, 6.45) is 8.78. The molecule has 0 spiro atoms. The zero-order valence-electron chi connectivity index (χ0n) is 12.0. The smallest absolute Gasteiger partial charge is 0.242 e. The van der Waals surface area contributed by atoms with E-state index in [0.29, 0.717) is 12.2 Å². The van der Waals surface area contributed by atoms with Gasteiger partial charge in [0.1, 0.15) is 0 Å². The van der Waals surface area contributed by atoms with Gasteiger partial charge < -0.3 is 9.67 Å². The Morgan fingerprint density at radius 2 is 2.10 bits per heavy atom. The van der Waals surface area contributed by atoms with E-state index >= 15 is 0 Å². The van der Waals surface area contributed by atoms with Crippen LogP contribution in [0.15, 0.2) is 17.2 Å². The van der Waals surface area contributed by atoms with Gasteiger partial charge in [0.15, 0.2) is 0 Å². The van der Waals surface area contributed by atoms with Crippen LogP contribution < -0.4 is 4.72 Å². The monoisotopic (exact) mass is 300 g/mol. The molecule has 1 aliphatic rings. The van der Waals surface area contributed by atoms with Gasteiger partial charge in [-0.25, -0.2) is 13.1 Å². The fraction of sp³-hybridized carbons (Fsp3) is 0.714. The number of nitrogens with zero attached hydrogens (tertiary/aromatic N) is 1. The Balaban J connectivity index is 1.83. The SMILES string of the molecule is Cn1cc(S(=O)(=O)NCCCC2CCCC2)cc1CO. The van der Waals surface area contributed by atoms with E-state index in [1.54, 1.807) is 11.6 Å². The van der Waals surface area contributed by atoms with Gasteiger partial charge in [-0.15, -0.1) is 0 Å². The van der Waals surface area contributed by atoms with Crippen molar-refractivity contribution in [1.82, 2.24) is 9.29 Å². The molecular formula is C14H24N2O3S. The van der Waals surface area contributed by atoms with Crippen LogP contribution in [0.3, 0.4) is 0 Å². The Bertz CT molecular complexity index is 531. The molecule has 0 radical (unpaired) electrons. The second kappa shape index (κ2) is 6.74. The third kappa shape index (κ3) is 3.84. The summed E-state index contributed by atoms with van der Waals surface area (Å²) in [4.78, 5) is 0.227. The van der Waals surface area contributed by atoms with Crippen molar-refractivity contribution in [3.8, 4) is 0 Å². The number of hydrogen-bond acceptors (Lipinski definition) is 3. The average molecular weight is 300 g/mol. The van der Waals surface area contributed by atoms with Crippen molar-refractivity contribution in [3.05, 3.63) is 18.0 Å². The first kappa shape index (κ1) is 15.5. The molecule has 0 atom stereocenters. The van der Waals surface area contributed by atoms with E-state index in [-0.39, 0.29) is 11.5 Å². The standard InChI is InChI=1S/C14H24N2O3S/c1-16-10-14(9-13(16)11-17)20(18,19)15-8-4-7-12-5-2-3-6-12/h9-10,12,15,17H,2-8,11H2,1H3. The van der Waals surface area contributed by atoms with Crippen molar-refractivity contribution in [1.29, 1.82) is 0 Å². The van der Waals surface area contributed by atoms with Gasteiger partial charge in [0.05, 0.1) is 11.5 Å². The van der Waals surface area contributed by atoms with Crippen molar-refractivity contribution in [3.63, 3.8) is 0 Å². The Morgan fingerprint density at radius 1 is 1.40 bits per heavy atom. The van der Waals surface area contributed by atoms with E-state index in [2.05, 4.69) is 4.72 Å². The highest BCUT2D eigenvalue weighted by molar-refractivity contribution is 7.89.